The Morgan fingerprint density at radius 3 is 0.964 bits per heavy atom. The van der Waals surface area contributed by atoms with Gasteiger partial charge < -0.3 is 0 Å². The maximum atomic E-state index is 2.39. The summed E-state index contributed by atoms with van der Waals surface area (Å²) >= 11 is -2.87. The van der Waals surface area contributed by atoms with E-state index in [0.29, 0.717) is 0 Å². The molecule has 0 saturated heterocycles. The van der Waals surface area contributed by atoms with Gasteiger partial charge in [0.15, 0.2) is 0 Å². The Labute approximate surface area is 172 Å². The van der Waals surface area contributed by atoms with E-state index < -0.39 is 18.4 Å². The van der Waals surface area contributed by atoms with Gasteiger partial charge in [-0.25, -0.2) is 0 Å². The first-order valence-electron chi connectivity index (χ1n) is 10.0. The fraction of sp³-hybridized carbons (Fsp3) is 0.111. The molecule has 28 heavy (non-hydrogen) atoms. The standard InChI is InChI=1S/3C7H7.C6H5.Sn/c3*1-7-5-3-2-4-6-7;1-2-4-6-5-3-1;/h3*2-6H,1H2;1-5H;. The molecule has 0 aliphatic rings. The summed E-state index contributed by atoms with van der Waals surface area (Å²) in [6.45, 7) is 0. The number of hydrogen-bond acceptors (Lipinski definition) is 0. The molecule has 0 unspecified atom stereocenters. The van der Waals surface area contributed by atoms with Gasteiger partial charge in [-0.2, -0.15) is 0 Å². The van der Waals surface area contributed by atoms with E-state index in [-0.39, 0.29) is 0 Å². The van der Waals surface area contributed by atoms with Crippen LogP contribution in [0.15, 0.2) is 121 Å². The van der Waals surface area contributed by atoms with Gasteiger partial charge in [0.2, 0.25) is 0 Å². The SMILES string of the molecule is c1ccc([CH2][Sn]([CH2]c2ccccc2)([CH2]c2ccccc2)[c]2ccccc2)cc1. The van der Waals surface area contributed by atoms with Crippen molar-refractivity contribution in [1.29, 1.82) is 0 Å². The summed E-state index contributed by atoms with van der Waals surface area (Å²) in [6, 6.07) is 44.7. The normalized spacial score (nSPS) is 11.3. The summed E-state index contributed by atoms with van der Waals surface area (Å²) in [5.41, 5.74) is 4.44. The first kappa shape index (κ1) is 19.0. The van der Waals surface area contributed by atoms with Crippen molar-refractivity contribution >= 4 is 22.0 Å². The summed E-state index contributed by atoms with van der Waals surface area (Å²) in [4.78, 5) is 0. The van der Waals surface area contributed by atoms with E-state index in [9.17, 15) is 0 Å². The molecular formula is C27H26Sn. The summed E-state index contributed by atoms with van der Waals surface area (Å²) in [6.07, 6.45) is 0. The monoisotopic (exact) mass is 470 g/mol. The topological polar surface area (TPSA) is 0 Å². The number of rotatable bonds is 7. The van der Waals surface area contributed by atoms with Gasteiger partial charge >= 0.3 is 173 Å². The minimum absolute atomic E-state index is 1.23. The van der Waals surface area contributed by atoms with Crippen LogP contribution in [0.5, 0.6) is 0 Å². The van der Waals surface area contributed by atoms with Crippen LogP contribution in [0.2, 0.25) is 0 Å². The molecule has 1 heteroatoms. The number of hydrogen-bond donors (Lipinski definition) is 0. The molecule has 0 amide bonds. The Morgan fingerprint density at radius 1 is 0.357 bits per heavy atom. The van der Waals surface area contributed by atoms with Crippen LogP contribution in [-0.2, 0) is 13.3 Å². The van der Waals surface area contributed by atoms with Crippen molar-refractivity contribution in [2.45, 2.75) is 13.3 Å². The average Bonchev–Trinajstić information content (AvgIpc) is 2.76. The van der Waals surface area contributed by atoms with E-state index in [2.05, 4.69) is 121 Å². The van der Waals surface area contributed by atoms with E-state index >= 15 is 0 Å². The van der Waals surface area contributed by atoms with Gasteiger partial charge in [0.05, 0.1) is 0 Å². The molecule has 0 radical (unpaired) electrons. The van der Waals surface area contributed by atoms with Crippen LogP contribution < -0.4 is 3.58 Å². The third-order valence-electron chi connectivity index (χ3n) is 5.54. The molecule has 0 heterocycles. The van der Waals surface area contributed by atoms with Crippen LogP contribution in [0.4, 0.5) is 0 Å². The fourth-order valence-corrected chi connectivity index (χ4v) is 18.3. The van der Waals surface area contributed by atoms with E-state index in [4.69, 9.17) is 0 Å². The van der Waals surface area contributed by atoms with E-state index in [1.54, 1.807) is 3.58 Å². The van der Waals surface area contributed by atoms with Crippen molar-refractivity contribution in [1.82, 2.24) is 0 Å². The van der Waals surface area contributed by atoms with Crippen LogP contribution >= 0.6 is 0 Å². The molecule has 0 atom stereocenters. The van der Waals surface area contributed by atoms with Crippen molar-refractivity contribution in [2.75, 3.05) is 0 Å². The Kier molecular flexibility index (Phi) is 6.28. The molecule has 4 aromatic carbocycles. The fourth-order valence-electron chi connectivity index (χ4n) is 4.25. The van der Waals surface area contributed by atoms with E-state index in [1.807, 2.05) is 0 Å². The van der Waals surface area contributed by atoms with Crippen molar-refractivity contribution < 1.29 is 0 Å². The molecular weight excluding hydrogens is 443 g/mol. The van der Waals surface area contributed by atoms with Gasteiger partial charge in [-0.15, -0.1) is 0 Å². The Balaban J connectivity index is 1.82. The van der Waals surface area contributed by atoms with Crippen molar-refractivity contribution in [3.63, 3.8) is 0 Å². The molecule has 138 valence electrons. The van der Waals surface area contributed by atoms with Crippen LogP contribution in [0.1, 0.15) is 16.7 Å². The van der Waals surface area contributed by atoms with Crippen molar-refractivity contribution in [3.05, 3.63) is 138 Å². The van der Waals surface area contributed by atoms with Crippen molar-refractivity contribution in [2.24, 2.45) is 0 Å². The first-order valence-corrected chi connectivity index (χ1v) is 17.5. The molecule has 0 nitrogen and oxygen atoms in total. The van der Waals surface area contributed by atoms with E-state index in [0.717, 1.165) is 0 Å². The Bertz CT molecular complexity index is 862. The predicted octanol–water partition coefficient (Wildman–Crippen LogP) is 5.69. The second kappa shape index (κ2) is 9.25. The predicted molar refractivity (Wildman–Crippen MR) is 122 cm³/mol. The van der Waals surface area contributed by atoms with Gasteiger partial charge in [0.1, 0.15) is 0 Å². The zero-order chi connectivity index (χ0) is 19.1. The molecule has 0 bridgehead atoms. The Morgan fingerprint density at radius 2 is 0.643 bits per heavy atom. The van der Waals surface area contributed by atoms with Gasteiger partial charge in [0, 0.05) is 0 Å². The second-order valence-corrected chi connectivity index (χ2v) is 19.6. The third kappa shape index (κ3) is 4.74. The number of benzene rings is 4. The molecule has 0 N–H and O–H groups in total. The van der Waals surface area contributed by atoms with Crippen molar-refractivity contribution in [3.8, 4) is 0 Å². The third-order valence-corrected chi connectivity index (χ3v) is 19.3. The van der Waals surface area contributed by atoms with Gasteiger partial charge in [-0.05, 0) is 0 Å². The maximum absolute atomic E-state index is 2.87. The summed E-state index contributed by atoms with van der Waals surface area (Å²) in [7, 11) is 0. The quantitative estimate of drug-likeness (QED) is 0.306. The summed E-state index contributed by atoms with van der Waals surface area (Å²) in [5.74, 6) is 0. The first-order chi connectivity index (χ1) is 13.8. The molecule has 4 aromatic rings. The van der Waals surface area contributed by atoms with Gasteiger partial charge in [0.25, 0.3) is 0 Å². The van der Waals surface area contributed by atoms with Crippen LogP contribution in [0.3, 0.4) is 0 Å². The van der Waals surface area contributed by atoms with Gasteiger partial charge in [-0.3, -0.25) is 0 Å². The molecule has 0 aliphatic heterocycles. The molecule has 0 saturated carbocycles. The second-order valence-electron chi connectivity index (χ2n) is 7.63. The zero-order valence-electron chi connectivity index (χ0n) is 16.2. The molecule has 0 fully saturated rings. The Hall–Kier alpha value is -2.32. The average molecular weight is 469 g/mol. The zero-order valence-corrected chi connectivity index (χ0v) is 19.0. The summed E-state index contributed by atoms with van der Waals surface area (Å²) in [5, 5.41) is 0. The van der Waals surface area contributed by atoms with Gasteiger partial charge in [-0.1, -0.05) is 0 Å². The minimum atomic E-state index is -2.87. The van der Waals surface area contributed by atoms with Crippen LogP contribution in [0, 0.1) is 0 Å². The van der Waals surface area contributed by atoms with Crippen LogP contribution in [-0.4, -0.2) is 18.4 Å². The molecule has 0 spiro atoms. The molecule has 4 rings (SSSR count). The molecule has 0 aliphatic carbocycles. The molecule has 0 aromatic heterocycles. The van der Waals surface area contributed by atoms with Crippen LogP contribution in [0.25, 0.3) is 0 Å². The van der Waals surface area contributed by atoms with E-state index in [1.165, 1.54) is 30.0 Å². The summed E-state index contributed by atoms with van der Waals surface area (Å²) < 4.78 is 5.30.